The summed E-state index contributed by atoms with van der Waals surface area (Å²) in [5.41, 5.74) is 0. The molecule has 1 unspecified atom stereocenters. The van der Waals surface area contributed by atoms with Crippen molar-refractivity contribution in [3.8, 4) is 0 Å². The van der Waals surface area contributed by atoms with E-state index in [1.165, 1.54) is 0 Å². The Labute approximate surface area is 58.5 Å². The molecule has 0 aromatic heterocycles. The van der Waals surface area contributed by atoms with Crippen molar-refractivity contribution in [2.45, 2.75) is 11.9 Å². The van der Waals surface area contributed by atoms with Gasteiger partial charge in [-0.1, -0.05) is 28.1 Å². The predicted molar refractivity (Wildman–Crippen MR) is 39.1 cm³/mol. The first-order valence-corrected chi connectivity index (χ1v) is 3.75. The van der Waals surface area contributed by atoms with E-state index in [9.17, 15) is 0 Å². The monoisotopic (exact) mass is 175 g/mol. The van der Waals surface area contributed by atoms with E-state index >= 15 is 0 Å². The van der Waals surface area contributed by atoms with Crippen molar-refractivity contribution < 1.29 is 0 Å². The molecular formula is C6H10BrN. The van der Waals surface area contributed by atoms with Crippen LogP contribution in [-0.2, 0) is 0 Å². The lowest BCUT2D eigenvalue weighted by atomic mass is 10.6. The summed E-state index contributed by atoms with van der Waals surface area (Å²) in [5.74, 6) is 0. The van der Waals surface area contributed by atoms with Gasteiger partial charge in [0.2, 0.25) is 0 Å². The van der Waals surface area contributed by atoms with Crippen molar-refractivity contribution in [2.75, 3.05) is 13.1 Å². The molecule has 0 radical (unpaired) electrons. The predicted octanol–water partition coefficient (Wildman–Crippen LogP) is 1.60. The van der Waals surface area contributed by atoms with Gasteiger partial charge in [-0.2, -0.15) is 0 Å². The van der Waals surface area contributed by atoms with E-state index in [0.29, 0.717) is 4.95 Å². The lowest BCUT2D eigenvalue weighted by molar-refractivity contribution is 0.351. The fraction of sp³-hybridized carbons (Fsp3) is 0.667. The largest absolute Gasteiger partial charge is 0.284 e. The second kappa shape index (κ2) is 2.65. The zero-order valence-corrected chi connectivity index (χ0v) is 6.56. The Morgan fingerprint density at radius 2 is 2.00 bits per heavy atom. The van der Waals surface area contributed by atoms with Crippen LogP contribution in [0.1, 0.15) is 6.92 Å². The molecule has 0 bridgehead atoms. The average Bonchev–Trinajstić information content (AvgIpc) is 2.12. The Hall–Kier alpha value is 0.180. The standard InChI is InChI=1S/C6H10BrN/c1-6(7)8-4-2-3-5-8/h2-3,6H,4-5H2,1H3. The van der Waals surface area contributed by atoms with Crippen LogP contribution in [0.3, 0.4) is 0 Å². The molecule has 46 valence electrons. The third-order valence-corrected chi connectivity index (χ3v) is 1.93. The summed E-state index contributed by atoms with van der Waals surface area (Å²) in [7, 11) is 0. The highest BCUT2D eigenvalue weighted by atomic mass is 79.9. The van der Waals surface area contributed by atoms with Gasteiger partial charge in [0.25, 0.3) is 0 Å². The second-order valence-corrected chi connectivity index (χ2v) is 3.32. The first-order chi connectivity index (χ1) is 3.80. The molecule has 0 saturated heterocycles. The van der Waals surface area contributed by atoms with Crippen molar-refractivity contribution in [1.82, 2.24) is 4.90 Å². The third kappa shape index (κ3) is 1.33. The maximum Gasteiger partial charge on any atom is 0.0632 e. The molecule has 1 aliphatic heterocycles. The van der Waals surface area contributed by atoms with E-state index in [4.69, 9.17) is 0 Å². The zero-order valence-electron chi connectivity index (χ0n) is 4.97. The molecule has 1 rings (SSSR count). The lowest BCUT2D eigenvalue weighted by Crippen LogP contribution is -2.25. The van der Waals surface area contributed by atoms with Crippen molar-refractivity contribution in [2.24, 2.45) is 0 Å². The molecule has 0 aliphatic carbocycles. The topological polar surface area (TPSA) is 3.24 Å². The molecule has 2 heteroatoms. The number of halogens is 1. The molecule has 0 spiro atoms. The molecule has 1 nitrogen and oxygen atoms in total. The number of hydrogen-bond acceptors (Lipinski definition) is 1. The van der Waals surface area contributed by atoms with Crippen LogP contribution in [0, 0.1) is 0 Å². The third-order valence-electron chi connectivity index (χ3n) is 1.35. The minimum atomic E-state index is 0.525. The summed E-state index contributed by atoms with van der Waals surface area (Å²) in [5, 5.41) is 0. The van der Waals surface area contributed by atoms with E-state index in [0.717, 1.165) is 13.1 Å². The van der Waals surface area contributed by atoms with E-state index in [2.05, 4.69) is 39.9 Å². The maximum absolute atomic E-state index is 3.49. The van der Waals surface area contributed by atoms with Gasteiger partial charge in [-0.25, -0.2) is 0 Å². The fourth-order valence-electron chi connectivity index (χ4n) is 0.785. The van der Waals surface area contributed by atoms with Crippen LogP contribution in [0.25, 0.3) is 0 Å². The molecule has 1 atom stereocenters. The number of nitrogens with zero attached hydrogens (tertiary/aromatic N) is 1. The first-order valence-electron chi connectivity index (χ1n) is 2.84. The summed E-state index contributed by atoms with van der Waals surface area (Å²) in [6.45, 7) is 4.35. The maximum atomic E-state index is 3.49. The zero-order chi connectivity index (χ0) is 5.98. The Bertz CT molecular complexity index is 90.7. The molecule has 1 aliphatic rings. The van der Waals surface area contributed by atoms with Crippen LogP contribution in [0.5, 0.6) is 0 Å². The van der Waals surface area contributed by atoms with Crippen LogP contribution < -0.4 is 0 Å². The van der Waals surface area contributed by atoms with Crippen molar-refractivity contribution in [3.63, 3.8) is 0 Å². The van der Waals surface area contributed by atoms with Gasteiger partial charge in [0, 0.05) is 13.1 Å². The number of hydrogen-bond donors (Lipinski definition) is 0. The van der Waals surface area contributed by atoms with Gasteiger partial charge in [0.15, 0.2) is 0 Å². The highest BCUT2D eigenvalue weighted by molar-refractivity contribution is 9.09. The molecular weight excluding hydrogens is 166 g/mol. The molecule has 8 heavy (non-hydrogen) atoms. The molecule has 1 heterocycles. The van der Waals surface area contributed by atoms with Crippen LogP contribution in [0.4, 0.5) is 0 Å². The van der Waals surface area contributed by atoms with Crippen molar-refractivity contribution >= 4 is 15.9 Å². The van der Waals surface area contributed by atoms with Crippen LogP contribution in [-0.4, -0.2) is 22.9 Å². The second-order valence-electron chi connectivity index (χ2n) is 2.00. The van der Waals surface area contributed by atoms with Gasteiger partial charge in [0.05, 0.1) is 4.95 Å². The van der Waals surface area contributed by atoms with Crippen LogP contribution >= 0.6 is 15.9 Å². The molecule has 0 saturated carbocycles. The lowest BCUT2D eigenvalue weighted by Gasteiger charge is -2.16. The van der Waals surface area contributed by atoms with Crippen molar-refractivity contribution in [3.05, 3.63) is 12.2 Å². The summed E-state index contributed by atoms with van der Waals surface area (Å²) in [6, 6.07) is 0. The molecule has 0 aromatic carbocycles. The Morgan fingerprint density at radius 3 is 2.25 bits per heavy atom. The Balaban J connectivity index is 2.29. The van der Waals surface area contributed by atoms with E-state index in [1.807, 2.05) is 0 Å². The van der Waals surface area contributed by atoms with Gasteiger partial charge in [-0.3, -0.25) is 4.90 Å². The summed E-state index contributed by atoms with van der Waals surface area (Å²) in [6.07, 6.45) is 4.38. The van der Waals surface area contributed by atoms with Crippen LogP contribution in [0.15, 0.2) is 12.2 Å². The Morgan fingerprint density at radius 1 is 1.50 bits per heavy atom. The van der Waals surface area contributed by atoms with Crippen LogP contribution in [0.2, 0.25) is 0 Å². The average molecular weight is 176 g/mol. The van der Waals surface area contributed by atoms with Gasteiger partial charge < -0.3 is 0 Å². The van der Waals surface area contributed by atoms with E-state index < -0.39 is 0 Å². The number of rotatable bonds is 1. The number of alkyl halides is 1. The molecule has 0 fully saturated rings. The fourth-order valence-corrected chi connectivity index (χ4v) is 1.12. The highest BCUT2D eigenvalue weighted by Gasteiger charge is 2.09. The molecule has 0 amide bonds. The van der Waals surface area contributed by atoms with Gasteiger partial charge in [-0.05, 0) is 6.92 Å². The smallest absolute Gasteiger partial charge is 0.0632 e. The quantitative estimate of drug-likeness (QED) is 0.333. The molecule has 0 N–H and O–H groups in total. The van der Waals surface area contributed by atoms with Crippen molar-refractivity contribution in [1.29, 1.82) is 0 Å². The highest BCUT2D eigenvalue weighted by Crippen LogP contribution is 2.09. The van der Waals surface area contributed by atoms with Gasteiger partial charge >= 0.3 is 0 Å². The summed E-state index contributed by atoms with van der Waals surface area (Å²) >= 11 is 3.49. The van der Waals surface area contributed by atoms with Gasteiger partial charge in [-0.15, -0.1) is 0 Å². The normalized spacial score (nSPS) is 24.2. The molecule has 0 aromatic rings. The summed E-state index contributed by atoms with van der Waals surface area (Å²) < 4.78 is 0. The minimum absolute atomic E-state index is 0.525. The van der Waals surface area contributed by atoms with Gasteiger partial charge in [0.1, 0.15) is 0 Å². The van der Waals surface area contributed by atoms with E-state index in [-0.39, 0.29) is 0 Å². The Kier molecular flexibility index (Phi) is 2.08. The summed E-state index contributed by atoms with van der Waals surface area (Å²) in [4.78, 5) is 2.86. The first kappa shape index (κ1) is 6.30. The SMILES string of the molecule is CC(Br)N1CC=CC1. The minimum Gasteiger partial charge on any atom is -0.284 e. The van der Waals surface area contributed by atoms with E-state index in [1.54, 1.807) is 0 Å².